The molecule has 0 radical (unpaired) electrons. The number of aromatic hydroxyl groups is 1. The highest BCUT2D eigenvalue weighted by molar-refractivity contribution is 9.10. The summed E-state index contributed by atoms with van der Waals surface area (Å²) in [6.45, 7) is 7.79. The van der Waals surface area contributed by atoms with Crippen LogP contribution < -0.4 is 4.74 Å². The Morgan fingerprint density at radius 2 is 1.32 bits per heavy atom. The fourth-order valence-electron chi connectivity index (χ4n) is 2.15. The maximum absolute atomic E-state index is 9.78. The first-order valence-corrected chi connectivity index (χ1v) is 6.92. The Morgan fingerprint density at radius 1 is 0.842 bits per heavy atom. The summed E-state index contributed by atoms with van der Waals surface area (Å²) >= 11 is 3.48. The fraction of sp³-hybridized carbons (Fsp3) is 0.250. The lowest BCUT2D eigenvalue weighted by Crippen LogP contribution is -1.93. The van der Waals surface area contributed by atoms with Crippen molar-refractivity contribution in [3.05, 3.63) is 51.0 Å². The molecule has 3 heteroatoms. The average molecular weight is 321 g/mol. The highest BCUT2D eigenvalue weighted by Gasteiger charge is 2.09. The van der Waals surface area contributed by atoms with Gasteiger partial charge in [0.05, 0.1) is 0 Å². The minimum Gasteiger partial charge on any atom is -0.507 e. The van der Waals surface area contributed by atoms with E-state index in [4.69, 9.17) is 4.74 Å². The largest absolute Gasteiger partial charge is 0.507 e. The maximum Gasteiger partial charge on any atom is 0.133 e. The van der Waals surface area contributed by atoms with Crippen molar-refractivity contribution >= 4 is 15.9 Å². The van der Waals surface area contributed by atoms with Gasteiger partial charge in [-0.25, -0.2) is 0 Å². The van der Waals surface area contributed by atoms with Gasteiger partial charge in [0.1, 0.15) is 17.2 Å². The van der Waals surface area contributed by atoms with Gasteiger partial charge in [0.15, 0.2) is 0 Å². The minimum atomic E-state index is 0.330. The van der Waals surface area contributed by atoms with Crippen molar-refractivity contribution in [2.45, 2.75) is 27.7 Å². The number of hydrogen-bond donors (Lipinski definition) is 1. The molecule has 0 bridgehead atoms. The van der Waals surface area contributed by atoms with Gasteiger partial charge in [0, 0.05) is 4.47 Å². The van der Waals surface area contributed by atoms with Gasteiger partial charge in [-0.15, -0.1) is 0 Å². The van der Waals surface area contributed by atoms with Crippen LogP contribution in [0.2, 0.25) is 0 Å². The fourth-order valence-corrected chi connectivity index (χ4v) is 2.84. The third kappa shape index (κ3) is 2.92. The standard InChI is InChI=1S/C16H17BrO2/c1-9-7-14(8-10(2)15(9)18)19-16-11(3)5-13(17)6-12(16)4/h5-8,18H,1-4H3. The first kappa shape index (κ1) is 13.9. The van der Waals surface area contributed by atoms with E-state index in [-0.39, 0.29) is 0 Å². The van der Waals surface area contributed by atoms with Gasteiger partial charge in [-0.2, -0.15) is 0 Å². The van der Waals surface area contributed by atoms with E-state index in [0.29, 0.717) is 5.75 Å². The molecule has 2 aromatic carbocycles. The number of aryl methyl sites for hydroxylation is 4. The lowest BCUT2D eigenvalue weighted by Gasteiger charge is -2.14. The molecule has 0 amide bonds. The molecule has 0 aromatic heterocycles. The SMILES string of the molecule is Cc1cc(Oc2c(C)cc(Br)cc2C)cc(C)c1O. The molecule has 0 fully saturated rings. The molecule has 0 saturated heterocycles. The minimum absolute atomic E-state index is 0.330. The summed E-state index contributed by atoms with van der Waals surface area (Å²) in [5.74, 6) is 1.95. The molecule has 0 aliphatic heterocycles. The van der Waals surface area contributed by atoms with Crippen LogP contribution in [-0.2, 0) is 0 Å². The van der Waals surface area contributed by atoms with Gasteiger partial charge in [-0.05, 0) is 74.2 Å². The van der Waals surface area contributed by atoms with Crippen LogP contribution in [0.1, 0.15) is 22.3 Å². The molecule has 0 aliphatic rings. The quantitative estimate of drug-likeness (QED) is 0.826. The molecule has 100 valence electrons. The Balaban J connectivity index is 2.42. The number of phenols is 1. The first-order chi connectivity index (χ1) is 8.88. The van der Waals surface area contributed by atoms with Crippen LogP contribution in [0.4, 0.5) is 0 Å². The Bertz CT molecular complexity index is 587. The predicted molar refractivity (Wildman–Crippen MR) is 81.3 cm³/mol. The van der Waals surface area contributed by atoms with Crippen LogP contribution in [0.3, 0.4) is 0 Å². The van der Waals surface area contributed by atoms with Crippen molar-refractivity contribution in [2.24, 2.45) is 0 Å². The van der Waals surface area contributed by atoms with Gasteiger partial charge in [-0.1, -0.05) is 15.9 Å². The van der Waals surface area contributed by atoms with E-state index in [0.717, 1.165) is 38.2 Å². The molecule has 1 N–H and O–H groups in total. The highest BCUT2D eigenvalue weighted by atomic mass is 79.9. The van der Waals surface area contributed by atoms with Crippen molar-refractivity contribution in [1.29, 1.82) is 0 Å². The Kier molecular flexibility index (Phi) is 3.85. The van der Waals surface area contributed by atoms with E-state index >= 15 is 0 Å². The van der Waals surface area contributed by atoms with Gasteiger partial charge in [-0.3, -0.25) is 0 Å². The summed E-state index contributed by atoms with van der Waals surface area (Å²) in [6, 6.07) is 7.76. The average Bonchev–Trinajstić information content (AvgIpc) is 2.30. The zero-order chi connectivity index (χ0) is 14.2. The number of halogens is 1. The highest BCUT2D eigenvalue weighted by Crippen LogP contribution is 2.34. The first-order valence-electron chi connectivity index (χ1n) is 6.13. The lowest BCUT2D eigenvalue weighted by molar-refractivity contribution is 0.454. The molecule has 0 heterocycles. The topological polar surface area (TPSA) is 29.5 Å². The molecule has 2 rings (SSSR count). The van der Waals surface area contributed by atoms with Crippen molar-refractivity contribution in [1.82, 2.24) is 0 Å². The second kappa shape index (κ2) is 5.25. The van der Waals surface area contributed by atoms with E-state index in [1.807, 2.05) is 52.0 Å². The molecular weight excluding hydrogens is 304 g/mol. The zero-order valence-corrected chi connectivity index (χ0v) is 13.1. The third-order valence-electron chi connectivity index (χ3n) is 3.11. The molecule has 19 heavy (non-hydrogen) atoms. The van der Waals surface area contributed by atoms with Crippen LogP contribution >= 0.6 is 15.9 Å². The van der Waals surface area contributed by atoms with Crippen molar-refractivity contribution in [3.8, 4) is 17.2 Å². The molecule has 0 saturated carbocycles. The van der Waals surface area contributed by atoms with Crippen molar-refractivity contribution in [2.75, 3.05) is 0 Å². The summed E-state index contributed by atoms with van der Waals surface area (Å²) in [5, 5.41) is 9.78. The van der Waals surface area contributed by atoms with Crippen LogP contribution in [0.5, 0.6) is 17.2 Å². The normalized spacial score (nSPS) is 10.6. The molecule has 0 unspecified atom stereocenters. The predicted octanol–water partition coefficient (Wildman–Crippen LogP) is 5.18. The van der Waals surface area contributed by atoms with Crippen molar-refractivity contribution < 1.29 is 9.84 Å². The monoisotopic (exact) mass is 320 g/mol. The third-order valence-corrected chi connectivity index (χ3v) is 3.57. The molecule has 2 nitrogen and oxygen atoms in total. The second-order valence-electron chi connectivity index (χ2n) is 4.88. The number of ether oxygens (including phenoxy) is 1. The van der Waals surface area contributed by atoms with Crippen LogP contribution in [0, 0.1) is 27.7 Å². The molecule has 0 aliphatic carbocycles. The summed E-state index contributed by atoms with van der Waals surface area (Å²) < 4.78 is 7.03. The summed E-state index contributed by atoms with van der Waals surface area (Å²) in [6.07, 6.45) is 0. The van der Waals surface area contributed by atoms with E-state index < -0.39 is 0 Å². The van der Waals surface area contributed by atoms with E-state index in [9.17, 15) is 5.11 Å². The van der Waals surface area contributed by atoms with Crippen molar-refractivity contribution in [3.63, 3.8) is 0 Å². The zero-order valence-electron chi connectivity index (χ0n) is 11.5. The summed E-state index contributed by atoms with van der Waals surface area (Å²) in [4.78, 5) is 0. The van der Waals surface area contributed by atoms with Crippen LogP contribution in [0.25, 0.3) is 0 Å². The van der Waals surface area contributed by atoms with Crippen LogP contribution in [0.15, 0.2) is 28.7 Å². The van der Waals surface area contributed by atoms with E-state index in [2.05, 4.69) is 15.9 Å². The molecule has 0 atom stereocenters. The second-order valence-corrected chi connectivity index (χ2v) is 5.79. The Morgan fingerprint density at radius 3 is 1.79 bits per heavy atom. The Hall–Kier alpha value is -1.48. The van der Waals surface area contributed by atoms with Gasteiger partial charge < -0.3 is 9.84 Å². The molecule has 0 spiro atoms. The lowest BCUT2D eigenvalue weighted by atomic mass is 10.1. The molecular formula is C16H17BrO2. The van der Waals surface area contributed by atoms with E-state index in [1.165, 1.54) is 0 Å². The summed E-state index contributed by atoms with van der Waals surface area (Å²) in [5.41, 5.74) is 3.80. The smallest absolute Gasteiger partial charge is 0.133 e. The van der Waals surface area contributed by atoms with E-state index in [1.54, 1.807) is 0 Å². The summed E-state index contributed by atoms with van der Waals surface area (Å²) in [7, 11) is 0. The van der Waals surface area contributed by atoms with Gasteiger partial charge in [0.25, 0.3) is 0 Å². The number of phenolic OH excluding ortho intramolecular Hbond substituents is 1. The maximum atomic E-state index is 9.78. The molecule has 2 aromatic rings. The number of hydrogen-bond acceptors (Lipinski definition) is 2. The van der Waals surface area contributed by atoms with Gasteiger partial charge >= 0.3 is 0 Å². The van der Waals surface area contributed by atoms with Gasteiger partial charge in [0.2, 0.25) is 0 Å². The Labute approximate surface area is 122 Å². The van der Waals surface area contributed by atoms with Crippen LogP contribution in [-0.4, -0.2) is 5.11 Å². The number of benzene rings is 2. The number of rotatable bonds is 2.